The first-order valence-corrected chi connectivity index (χ1v) is 13.6. The molecule has 190 valence electrons. The molecule has 0 spiro atoms. The molecule has 0 bridgehead atoms. The van der Waals surface area contributed by atoms with E-state index < -0.39 is 0 Å². The molecule has 0 N–H and O–H groups in total. The lowest BCUT2D eigenvalue weighted by Gasteiger charge is -2.15. The Morgan fingerprint density at radius 2 is 1.12 bits per heavy atom. The van der Waals surface area contributed by atoms with Crippen molar-refractivity contribution in [2.24, 2.45) is 0 Å². The van der Waals surface area contributed by atoms with Gasteiger partial charge in [0, 0.05) is 37.9 Å². The van der Waals surface area contributed by atoms with Gasteiger partial charge in [0.1, 0.15) is 11.2 Å². The standard InChI is InChI=1S/C37H20N2O2/c38-21-22-13-15-24(33(19-22)39-31-10-4-1-7-25(31)26-8-2-5-11-32(26)39)23-14-18-35-30(20-23)29-17-16-28-27-9-3-6-12-34(27)40-36(28)37(29)41-35/h1-20H. The van der Waals surface area contributed by atoms with Crippen molar-refractivity contribution in [3.05, 3.63) is 127 Å². The van der Waals surface area contributed by atoms with Crippen molar-refractivity contribution < 1.29 is 8.83 Å². The van der Waals surface area contributed by atoms with Crippen LogP contribution in [0, 0.1) is 11.3 Å². The molecule has 6 aromatic carbocycles. The molecular weight excluding hydrogens is 504 g/mol. The van der Waals surface area contributed by atoms with Gasteiger partial charge in [0.25, 0.3) is 0 Å². The second kappa shape index (κ2) is 8.11. The van der Waals surface area contributed by atoms with Crippen molar-refractivity contribution in [3.63, 3.8) is 0 Å². The highest BCUT2D eigenvalue weighted by molar-refractivity contribution is 6.19. The van der Waals surface area contributed by atoms with E-state index in [0.717, 1.165) is 71.7 Å². The summed E-state index contributed by atoms with van der Waals surface area (Å²) >= 11 is 0. The Kier molecular flexibility index (Phi) is 4.37. The smallest absolute Gasteiger partial charge is 0.178 e. The van der Waals surface area contributed by atoms with Crippen molar-refractivity contribution in [1.29, 1.82) is 5.26 Å². The lowest BCUT2D eigenvalue weighted by molar-refractivity contribution is 0.633. The molecule has 0 aliphatic heterocycles. The third-order valence-corrected chi connectivity index (χ3v) is 8.24. The molecule has 0 aliphatic carbocycles. The average molecular weight is 525 g/mol. The Morgan fingerprint density at radius 3 is 1.83 bits per heavy atom. The largest absolute Gasteiger partial charge is 0.452 e. The Bertz CT molecular complexity index is 2500. The molecule has 3 heterocycles. The minimum atomic E-state index is 0.618. The Morgan fingerprint density at radius 1 is 0.512 bits per heavy atom. The van der Waals surface area contributed by atoms with Gasteiger partial charge < -0.3 is 13.4 Å². The van der Waals surface area contributed by atoms with Crippen LogP contribution >= 0.6 is 0 Å². The lowest BCUT2D eigenvalue weighted by Crippen LogP contribution is -1.98. The first-order chi connectivity index (χ1) is 20.3. The fourth-order valence-electron chi connectivity index (χ4n) is 6.40. The predicted octanol–water partition coefficient (Wildman–Crippen LogP) is 10.1. The summed E-state index contributed by atoms with van der Waals surface area (Å²) in [7, 11) is 0. The van der Waals surface area contributed by atoms with Crippen LogP contribution in [-0.4, -0.2) is 4.57 Å². The molecular formula is C37H20N2O2. The second-order valence-electron chi connectivity index (χ2n) is 10.4. The van der Waals surface area contributed by atoms with Crippen LogP contribution in [0.3, 0.4) is 0 Å². The molecule has 0 aliphatic rings. The van der Waals surface area contributed by atoms with E-state index in [-0.39, 0.29) is 0 Å². The predicted molar refractivity (Wildman–Crippen MR) is 165 cm³/mol. The average Bonchev–Trinajstić information content (AvgIpc) is 3.70. The zero-order chi connectivity index (χ0) is 27.1. The molecule has 0 radical (unpaired) electrons. The van der Waals surface area contributed by atoms with Gasteiger partial charge in [0.15, 0.2) is 11.2 Å². The van der Waals surface area contributed by atoms with Crippen LogP contribution < -0.4 is 0 Å². The summed E-state index contributed by atoms with van der Waals surface area (Å²) in [5.74, 6) is 0. The van der Waals surface area contributed by atoms with Crippen LogP contribution in [-0.2, 0) is 0 Å². The summed E-state index contributed by atoms with van der Waals surface area (Å²) in [5.41, 5.74) is 9.07. The molecule has 4 nitrogen and oxygen atoms in total. The maximum Gasteiger partial charge on any atom is 0.178 e. The van der Waals surface area contributed by atoms with Gasteiger partial charge in [0.2, 0.25) is 0 Å². The number of para-hydroxylation sites is 3. The Balaban J connectivity index is 1.33. The van der Waals surface area contributed by atoms with Gasteiger partial charge in [-0.15, -0.1) is 0 Å². The SMILES string of the molecule is N#Cc1ccc(-c2ccc3oc4c(ccc5c6ccccc6oc54)c3c2)c(-n2c3ccccc3c3ccccc32)c1. The third-order valence-electron chi connectivity index (χ3n) is 8.24. The van der Waals surface area contributed by atoms with Gasteiger partial charge in [-0.1, -0.05) is 66.7 Å². The second-order valence-corrected chi connectivity index (χ2v) is 10.4. The molecule has 0 saturated carbocycles. The molecule has 41 heavy (non-hydrogen) atoms. The van der Waals surface area contributed by atoms with Gasteiger partial charge in [-0.2, -0.15) is 5.26 Å². The van der Waals surface area contributed by atoms with E-state index in [1.54, 1.807) is 0 Å². The highest BCUT2D eigenvalue weighted by atomic mass is 16.4. The number of rotatable bonds is 2. The maximum atomic E-state index is 9.84. The number of aromatic nitrogens is 1. The van der Waals surface area contributed by atoms with Crippen LogP contribution in [0.4, 0.5) is 0 Å². The highest BCUT2D eigenvalue weighted by Crippen LogP contribution is 2.41. The van der Waals surface area contributed by atoms with Crippen LogP contribution in [0.25, 0.3) is 82.5 Å². The van der Waals surface area contributed by atoms with Gasteiger partial charge in [-0.25, -0.2) is 0 Å². The van der Waals surface area contributed by atoms with Gasteiger partial charge in [-0.05, 0) is 60.2 Å². The maximum absolute atomic E-state index is 9.84. The van der Waals surface area contributed by atoms with E-state index in [1.807, 2.05) is 36.4 Å². The number of hydrogen-bond acceptors (Lipinski definition) is 3. The summed E-state index contributed by atoms with van der Waals surface area (Å²) in [6, 6.07) is 43.8. The first-order valence-electron chi connectivity index (χ1n) is 13.6. The molecule has 3 aromatic heterocycles. The Labute approximate surface area is 233 Å². The summed E-state index contributed by atoms with van der Waals surface area (Å²) < 4.78 is 14.9. The van der Waals surface area contributed by atoms with E-state index in [0.29, 0.717) is 5.56 Å². The molecule has 0 saturated heterocycles. The van der Waals surface area contributed by atoms with Crippen LogP contribution in [0.1, 0.15) is 5.56 Å². The van der Waals surface area contributed by atoms with Crippen molar-refractivity contribution in [2.75, 3.05) is 0 Å². The van der Waals surface area contributed by atoms with E-state index in [1.165, 1.54) is 10.8 Å². The zero-order valence-electron chi connectivity index (χ0n) is 21.8. The Hall–Kier alpha value is -5.79. The van der Waals surface area contributed by atoms with Crippen molar-refractivity contribution in [2.45, 2.75) is 0 Å². The monoisotopic (exact) mass is 524 g/mol. The van der Waals surface area contributed by atoms with Crippen molar-refractivity contribution >= 4 is 65.7 Å². The number of hydrogen-bond donors (Lipinski definition) is 0. The molecule has 0 fully saturated rings. The van der Waals surface area contributed by atoms with Gasteiger partial charge in [0.05, 0.1) is 28.4 Å². The minimum absolute atomic E-state index is 0.618. The van der Waals surface area contributed by atoms with Crippen LogP contribution in [0.2, 0.25) is 0 Å². The topological polar surface area (TPSA) is 55.0 Å². The molecule has 0 unspecified atom stereocenters. The number of nitrogens with zero attached hydrogens (tertiary/aromatic N) is 2. The first kappa shape index (κ1) is 22.1. The van der Waals surface area contributed by atoms with Crippen LogP contribution in [0.15, 0.2) is 130 Å². The van der Waals surface area contributed by atoms with E-state index >= 15 is 0 Å². The number of fused-ring (bicyclic) bond motifs is 10. The number of benzene rings is 6. The summed E-state index contributed by atoms with van der Waals surface area (Å²) in [6.07, 6.45) is 0. The van der Waals surface area contributed by atoms with E-state index in [4.69, 9.17) is 8.83 Å². The van der Waals surface area contributed by atoms with E-state index in [9.17, 15) is 5.26 Å². The summed E-state index contributed by atoms with van der Waals surface area (Å²) in [4.78, 5) is 0. The third kappa shape index (κ3) is 3.03. The van der Waals surface area contributed by atoms with Gasteiger partial charge in [-0.3, -0.25) is 0 Å². The highest BCUT2D eigenvalue weighted by Gasteiger charge is 2.19. The zero-order valence-corrected chi connectivity index (χ0v) is 21.8. The molecule has 0 amide bonds. The summed E-state index contributed by atoms with van der Waals surface area (Å²) in [6.45, 7) is 0. The lowest BCUT2D eigenvalue weighted by atomic mass is 9.99. The molecule has 9 aromatic rings. The quantitative estimate of drug-likeness (QED) is 0.226. The normalized spacial score (nSPS) is 11.9. The summed E-state index contributed by atoms with van der Waals surface area (Å²) in [5, 5.41) is 16.4. The van der Waals surface area contributed by atoms with Gasteiger partial charge >= 0.3 is 0 Å². The molecule has 9 rings (SSSR count). The fraction of sp³-hybridized carbons (Fsp3) is 0. The molecule has 0 atom stereocenters. The number of nitriles is 1. The van der Waals surface area contributed by atoms with Crippen LogP contribution in [0.5, 0.6) is 0 Å². The van der Waals surface area contributed by atoms with Crippen molar-refractivity contribution in [1.82, 2.24) is 4.57 Å². The minimum Gasteiger partial charge on any atom is -0.452 e. The molecule has 4 heteroatoms. The van der Waals surface area contributed by atoms with E-state index in [2.05, 4.69) is 95.6 Å². The fourth-order valence-corrected chi connectivity index (χ4v) is 6.40. The van der Waals surface area contributed by atoms with Crippen molar-refractivity contribution in [3.8, 4) is 22.9 Å². The number of furan rings is 2.